The van der Waals surface area contributed by atoms with E-state index in [0.29, 0.717) is 5.56 Å². The molecular weight excluding hydrogens is 310 g/mol. The molecule has 1 aliphatic heterocycles. The molecule has 2 heterocycles. The molecule has 0 radical (unpaired) electrons. The van der Waals surface area contributed by atoms with E-state index >= 15 is 0 Å². The van der Waals surface area contributed by atoms with Gasteiger partial charge in [0.05, 0.1) is 17.1 Å². The fourth-order valence-electron chi connectivity index (χ4n) is 2.06. The highest BCUT2D eigenvalue weighted by atomic mass is 79.9. The summed E-state index contributed by atoms with van der Waals surface area (Å²) in [6.45, 7) is 0. The molecule has 2 aromatic rings. The van der Waals surface area contributed by atoms with Crippen molar-refractivity contribution < 1.29 is 14.8 Å². The summed E-state index contributed by atoms with van der Waals surface area (Å²) in [6, 6.07) is 9.11. The zero-order chi connectivity index (χ0) is 13.5. The fraction of sp³-hybridized carbons (Fsp3) is 0.154. The first kappa shape index (κ1) is 12.3. The summed E-state index contributed by atoms with van der Waals surface area (Å²) in [5.41, 5.74) is 1.50. The largest absolute Gasteiger partial charge is 0.497 e. The van der Waals surface area contributed by atoms with Crippen LogP contribution >= 0.6 is 15.9 Å². The number of halogens is 1. The minimum absolute atomic E-state index is 0.703. The van der Waals surface area contributed by atoms with Gasteiger partial charge in [-0.1, -0.05) is 0 Å². The Kier molecular flexibility index (Phi) is 2.83. The van der Waals surface area contributed by atoms with Gasteiger partial charge in [-0.05, 0) is 46.3 Å². The van der Waals surface area contributed by atoms with E-state index in [1.54, 1.807) is 37.6 Å². The summed E-state index contributed by atoms with van der Waals surface area (Å²) >= 11 is 3.38. The topological polar surface area (TPSA) is 67.7 Å². The van der Waals surface area contributed by atoms with Crippen LogP contribution in [0.15, 0.2) is 41.0 Å². The number of fused-ring (bicyclic) bond motifs is 1. The summed E-state index contributed by atoms with van der Waals surface area (Å²) < 4.78 is 6.01. The van der Waals surface area contributed by atoms with Gasteiger partial charge in [0.25, 0.3) is 5.82 Å². The lowest BCUT2D eigenvalue weighted by molar-refractivity contribution is -0.361. The Morgan fingerprint density at radius 3 is 2.68 bits per heavy atom. The molecule has 0 saturated heterocycles. The smallest absolute Gasteiger partial charge is 0.312 e. The molecule has 1 aromatic heterocycles. The van der Waals surface area contributed by atoms with Gasteiger partial charge in [0, 0.05) is 0 Å². The third-order valence-electron chi connectivity index (χ3n) is 3.04. The van der Waals surface area contributed by atoms with Crippen LogP contribution in [0.3, 0.4) is 0 Å². The number of methoxy groups -OCH3 is 1. The Labute approximate surface area is 118 Å². The normalized spacial score (nSPS) is 20.4. The molecule has 6 heteroatoms. The van der Waals surface area contributed by atoms with Crippen LogP contribution in [0.4, 0.5) is 11.5 Å². The highest BCUT2D eigenvalue weighted by molar-refractivity contribution is 9.10. The number of nitrogens with one attached hydrogen (secondary N) is 3. The van der Waals surface area contributed by atoms with E-state index in [2.05, 4.69) is 31.5 Å². The van der Waals surface area contributed by atoms with Crippen LogP contribution in [0.2, 0.25) is 0 Å². The second kappa shape index (κ2) is 4.40. The summed E-state index contributed by atoms with van der Waals surface area (Å²) in [4.78, 5) is 3.06. The summed E-state index contributed by atoms with van der Waals surface area (Å²) in [7, 11) is 1.61. The number of anilines is 2. The number of benzene rings is 1. The number of hydrogen-bond acceptors (Lipinski definition) is 4. The molecular formula is C13H13BrN3O2+. The van der Waals surface area contributed by atoms with Crippen LogP contribution in [-0.2, 0) is 5.85 Å². The molecule has 19 heavy (non-hydrogen) atoms. The van der Waals surface area contributed by atoms with Crippen LogP contribution in [0.5, 0.6) is 5.75 Å². The molecule has 0 fully saturated rings. The molecule has 1 aliphatic rings. The lowest BCUT2D eigenvalue weighted by atomic mass is 10.1. The van der Waals surface area contributed by atoms with Crippen molar-refractivity contribution in [2.45, 2.75) is 5.85 Å². The standard InChI is InChI=1S/C13H12BrN3O2/c1-19-10-4-2-8(3-5-10)13(18)16-11-6-9(14)7-15-12(11)17-13/h2-7,16,18H,1H3,(H,15,17)/p+1/t13-/m1/s1. The number of aromatic nitrogens is 1. The number of pyridine rings is 1. The third kappa shape index (κ3) is 2.13. The van der Waals surface area contributed by atoms with Crippen LogP contribution in [0, 0.1) is 0 Å². The average molecular weight is 323 g/mol. The molecule has 0 saturated carbocycles. The SMILES string of the molecule is COc1ccc([C@@]2(O)Nc3cc(Br)c[nH+]c3N2)cc1. The zero-order valence-corrected chi connectivity index (χ0v) is 11.8. The predicted molar refractivity (Wildman–Crippen MR) is 74.8 cm³/mol. The lowest BCUT2D eigenvalue weighted by Crippen LogP contribution is -2.38. The molecule has 0 bridgehead atoms. The van der Waals surface area contributed by atoms with Gasteiger partial charge in [0.2, 0.25) is 0 Å². The Morgan fingerprint density at radius 1 is 1.26 bits per heavy atom. The molecule has 0 aliphatic carbocycles. The second-order valence-corrected chi connectivity index (χ2v) is 5.21. The van der Waals surface area contributed by atoms with Gasteiger partial charge >= 0.3 is 5.85 Å². The van der Waals surface area contributed by atoms with Gasteiger partial charge in [0.1, 0.15) is 17.6 Å². The van der Waals surface area contributed by atoms with E-state index < -0.39 is 5.85 Å². The van der Waals surface area contributed by atoms with Crippen LogP contribution in [0.25, 0.3) is 0 Å². The van der Waals surface area contributed by atoms with E-state index in [1.165, 1.54) is 0 Å². The first-order chi connectivity index (χ1) is 9.10. The van der Waals surface area contributed by atoms with Gasteiger partial charge in [-0.2, -0.15) is 0 Å². The molecule has 98 valence electrons. The molecule has 4 N–H and O–H groups in total. The third-order valence-corrected chi connectivity index (χ3v) is 3.49. The van der Waals surface area contributed by atoms with Crippen molar-refractivity contribution in [3.63, 3.8) is 0 Å². The quantitative estimate of drug-likeness (QED) is 0.790. The van der Waals surface area contributed by atoms with Crippen molar-refractivity contribution in [1.29, 1.82) is 0 Å². The maximum Gasteiger partial charge on any atom is 0.312 e. The molecule has 0 unspecified atom stereocenters. The Balaban J connectivity index is 1.93. The fourth-order valence-corrected chi connectivity index (χ4v) is 2.40. The van der Waals surface area contributed by atoms with Crippen LogP contribution in [0.1, 0.15) is 5.56 Å². The maximum atomic E-state index is 10.6. The van der Waals surface area contributed by atoms with Crippen molar-refractivity contribution in [3.8, 4) is 5.75 Å². The summed E-state index contributed by atoms with van der Waals surface area (Å²) in [6.07, 6.45) is 1.80. The Morgan fingerprint density at radius 2 is 2.00 bits per heavy atom. The highest BCUT2D eigenvalue weighted by Gasteiger charge is 2.42. The summed E-state index contributed by atoms with van der Waals surface area (Å²) in [5, 5.41) is 16.7. The number of hydrogen-bond donors (Lipinski definition) is 3. The zero-order valence-electron chi connectivity index (χ0n) is 10.2. The number of rotatable bonds is 2. The van der Waals surface area contributed by atoms with Gasteiger partial charge in [-0.15, -0.1) is 0 Å². The van der Waals surface area contributed by atoms with Crippen LogP contribution < -0.4 is 20.4 Å². The predicted octanol–water partition coefficient (Wildman–Crippen LogP) is 1.91. The number of H-pyrrole nitrogens is 1. The van der Waals surface area contributed by atoms with Gasteiger partial charge < -0.3 is 15.2 Å². The first-order valence-corrected chi connectivity index (χ1v) is 6.54. The minimum atomic E-state index is -1.33. The van der Waals surface area contributed by atoms with Gasteiger partial charge in [-0.25, -0.2) is 10.3 Å². The Bertz CT molecular complexity index is 618. The number of aromatic amines is 1. The maximum absolute atomic E-state index is 10.6. The van der Waals surface area contributed by atoms with Gasteiger partial charge in [-0.3, -0.25) is 0 Å². The molecule has 0 spiro atoms. The number of aliphatic hydroxyl groups is 1. The van der Waals surface area contributed by atoms with Crippen LogP contribution in [-0.4, -0.2) is 12.2 Å². The molecule has 1 atom stereocenters. The molecule has 0 amide bonds. The minimum Gasteiger partial charge on any atom is -0.497 e. The summed E-state index contributed by atoms with van der Waals surface area (Å²) in [5.74, 6) is 0.157. The van der Waals surface area contributed by atoms with Crippen molar-refractivity contribution in [2.24, 2.45) is 0 Å². The van der Waals surface area contributed by atoms with E-state index in [4.69, 9.17) is 4.74 Å². The Hall–Kier alpha value is -1.79. The van der Waals surface area contributed by atoms with Crippen molar-refractivity contribution in [1.82, 2.24) is 0 Å². The highest BCUT2D eigenvalue weighted by Crippen LogP contribution is 2.36. The molecule has 5 nitrogen and oxygen atoms in total. The van der Waals surface area contributed by atoms with Crippen molar-refractivity contribution in [2.75, 3.05) is 17.7 Å². The first-order valence-electron chi connectivity index (χ1n) is 5.75. The van der Waals surface area contributed by atoms with E-state index in [0.717, 1.165) is 21.7 Å². The van der Waals surface area contributed by atoms with E-state index in [-0.39, 0.29) is 0 Å². The second-order valence-electron chi connectivity index (χ2n) is 4.30. The van der Waals surface area contributed by atoms with Crippen molar-refractivity contribution >= 4 is 27.4 Å². The molecule has 3 rings (SSSR count). The molecule has 1 aromatic carbocycles. The number of ether oxygens (including phenoxy) is 1. The van der Waals surface area contributed by atoms with Gasteiger partial charge in [0.15, 0.2) is 0 Å². The van der Waals surface area contributed by atoms with Crippen molar-refractivity contribution in [3.05, 3.63) is 46.6 Å². The van der Waals surface area contributed by atoms with E-state index in [9.17, 15) is 5.11 Å². The van der Waals surface area contributed by atoms with E-state index in [1.807, 2.05) is 6.07 Å². The monoisotopic (exact) mass is 322 g/mol. The average Bonchev–Trinajstić information content (AvgIpc) is 2.75. The lowest BCUT2D eigenvalue weighted by Gasteiger charge is -2.19.